The summed E-state index contributed by atoms with van der Waals surface area (Å²) in [7, 11) is -6.36. The molecule has 18 nitrogen and oxygen atoms in total. The molecule has 0 radical (unpaired) electrons. The first-order valence-electron chi connectivity index (χ1n) is 17.0. The van der Waals surface area contributed by atoms with Crippen LogP contribution < -0.4 is 30.4 Å². The molecule has 56 heavy (non-hydrogen) atoms. The number of hydrogen-bond donors (Lipinski definition) is 9. The molecule has 0 saturated carbocycles. The van der Waals surface area contributed by atoms with E-state index in [9.17, 15) is 21.6 Å². The van der Waals surface area contributed by atoms with E-state index >= 15 is 0 Å². The third-order valence-corrected chi connectivity index (χ3v) is 8.77. The zero-order chi connectivity index (χ0) is 42.5. The minimum absolute atomic E-state index is 0.0579. The predicted octanol–water partition coefficient (Wildman–Crippen LogP) is 3.11. The molecule has 0 amide bonds. The van der Waals surface area contributed by atoms with Gasteiger partial charge in [0.1, 0.15) is 45.8 Å². The van der Waals surface area contributed by atoms with Gasteiger partial charge in [0.05, 0.1) is 45.0 Å². The van der Waals surface area contributed by atoms with Gasteiger partial charge in [-0.05, 0) is 107 Å². The van der Waals surface area contributed by atoms with Crippen LogP contribution in [-0.4, -0.2) is 110 Å². The average Bonchev–Trinajstić information content (AvgIpc) is 3.10. The van der Waals surface area contributed by atoms with Gasteiger partial charge in [-0.25, -0.2) is 4.79 Å². The highest BCUT2D eigenvalue weighted by Crippen LogP contribution is 2.40. The SMILES string of the molecule is COc1c(C(=O)O)ccc2c1CCC(C)(C)O2.N=C(N)c1ccc(OCCCCCOc2ccc(C(=N)N)cc2)cc1.O=S(=O)(O)CCO.O=S(=O)(O)CCO. The van der Waals surface area contributed by atoms with Gasteiger partial charge in [0.2, 0.25) is 0 Å². The van der Waals surface area contributed by atoms with Crippen molar-refractivity contribution in [1.82, 2.24) is 0 Å². The van der Waals surface area contributed by atoms with Crippen LogP contribution >= 0.6 is 0 Å². The van der Waals surface area contributed by atoms with Crippen LogP contribution in [0.15, 0.2) is 60.7 Å². The van der Waals surface area contributed by atoms with E-state index in [4.69, 9.17) is 65.7 Å². The lowest BCUT2D eigenvalue weighted by atomic mass is 9.92. The van der Waals surface area contributed by atoms with Crippen molar-refractivity contribution < 1.29 is 65.0 Å². The number of methoxy groups -OCH3 is 1. The molecule has 20 heteroatoms. The van der Waals surface area contributed by atoms with Crippen molar-refractivity contribution in [2.24, 2.45) is 11.5 Å². The zero-order valence-corrected chi connectivity index (χ0v) is 33.1. The lowest BCUT2D eigenvalue weighted by Gasteiger charge is -2.33. The van der Waals surface area contributed by atoms with E-state index in [1.165, 1.54) is 13.2 Å². The number of nitrogens with one attached hydrogen (secondary N) is 2. The Morgan fingerprint density at radius 1 is 0.768 bits per heavy atom. The van der Waals surface area contributed by atoms with Gasteiger partial charge in [-0.15, -0.1) is 0 Å². The first-order chi connectivity index (χ1) is 26.1. The Hall–Kier alpha value is -4.99. The summed E-state index contributed by atoms with van der Waals surface area (Å²) in [6.45, 7) is 4.28. The van der Waals surface area contributed by atoms with Crippen molar-refractivity contribution in [1.29, 1.82) is 10.8 Å². The first-order valence-corrected chi connectivity index (χ1v) is 20.2. The number of fused-ring (bicyclic) bond motifs is 1. The van der Waals surface area contributed by atoms with E-state index in [0.29, 0.717) is 30.1 Å². The molecule has 0 aromatic heterocycles. The van der Waals surface area contributed by atoms with Crippen LogP contribution in [0.1, 0.15) is 66.6 Å². The van der Waals surface area contributed by atoms with Crippen molar-refractivity contribution in [3.05, 3.63) is 82.9 Å². The van der Waals surface area contributed by atoms with Crippen LogP contribution in [0.25, 0.3) is 0 Å². The molecule has 1 aliphatic heterocycles. The third-order valence-electron chi connectivity index (χ3n) is 7.37. The van der Waals surface area contributed by atoms with Crippen molar-refractivity contribution in [2.45, 2.75) is 51.6 Å². The maximum Gasteiger partial charge on any atom is 0.339 e. The van der Waals surface area contributed by atoms with Gasteiger partial charge in [0.25, 0.3) is 20.2 Å². The molecule has 312 valence electrons. The molecule has 0 unspecified atom stereocenters. The number of amidine groups is 2. The third kappa shape index (κ3) is 20.1. The normalized spacial score (nSPS) is 12.6. The number of rotatable bonds is 16. The van der Waals surface area contributed by atoms with Crippen molar-refractivity contribution in [2.75, 3.05) is 45.0 Å². The Morgan fingerprint density at radius 2 is 1.20 bits per heavy atom. The Bertz CT molecular complexity index is 1830. The zero-order valence-electron chi connectivity index (χ0n) is 31.4. The number of ether oxygens (including phenoxy) is 4. The van der Waals surface area contributed by atoms with Gasteiger partial charge in [-0.2, -0.15) is 16.8 Å². The number of aromatic carboxylic acids is 1. The largest absolute Gasteiger partial charge is 0.495 e. The molecule has 0 bridgehead atoms. The summed E-state index contributed by atoms with van der Waals surface area (Å²) in [6.07, 6.45) is 4.52. The number of benzene rings is 3. The molecule has 0 spiro atoms. The van der Waals surface area contributed by atoms with E-state index in [0.717, 1.165) is 54.9 Å². The molecule has 3 aromatic carbocycles. The molecule has 0 aliphatic carbocycles. The molecular weight excluding hydrogens is 777 g/mol. The summed E-state index contributed by atoms with van der Waals surface area (Å²) in [6, 6.07) is 17.7. The summed E-state index contributed by atoms with van der Waals surface area (Å²) in [5, 5.41) is 39.5. The fraction of sp³-hybridized carbons (Fsp3) is 0.417. The van der Waals surface area contributed by atoms with Gasteiger partial charge < -0.3 is 45.7 Å². The number of hydrogen-bond acceptors (Lipinski definition) is 13. The summed E-state index contributed by atoms with van der Waals surface area (Å²) in [5.41, 5.74) is 13.0. The van der Waals surface area contributed by atoms with Crippen LogP contribution in [0.4, 0.5) is 0 Å². The van der Waals surface area contributed by atoms with E-state index < -0.39 is 50.9 Å². The highest BCUT2D eigenvalue weighted by atomic mass is 32.2. The topological polar surface area (TPSA) is 323 Å². The lowest BCUT2D eigenvalue weighted by Crippen LogP contribution is -2.32. The summed E-state index contributed by atoms with van der Waals surface area (Å²) >= 11 is 0. The van der Waals surface area contributed by atoms with Crippen molar-refractivity contribution >= 4 is 37.9 Å². The van der Waals surface area contributed by atoms with Crippen LogP contribution in [0.5, 0.6) is 23.0 Å². The molecule has 11 N–H and O–H groups in total. The highest BCUT2D eigenvalue weighted by molar-refractivity contribution is 7.86. The fourth-order valence-corrected chi connectivity index (χ4v) is 5.03. The van der Waals surface area contributed by atoms with Gasteiger partial charge in [0.15, 0.2) is 0 Å². The molecule has 0 fully saturated rings. The minimum atomic E-state index is -3.92. The molecule has 1 aliphatic rings. The van der Waals surface area contributed by atoms with Crippen LogP contribution in [0.3, 0.4) is 0 Å². The van der Waals surface area contributed by atoms with Gasteiger partial charge in [-0.1, -0.05) is 0 Å². The number of nitrogens with two attached hydrogens (primary N) is 2. The minimum Gasteiger partial charge on any atom is -0.495 e. The summed E-state index contributed by atoms with van der Waals surface area (Å²) in [5.74, 6) is 0.701. The molecule has 4 rings (SSSR count). The second-order valence-electron chi connectivity index (χ2n) is 12.4. The second kappa shape index (κ2) is 23.8. The number of nitrogen functional groups attached to an aromatic ring is 2. The van der Waals surface area contributed by atoms with Gasteiger partial charge >= 0.3 is 5.97 Å². The molecule has 1 heterocycles. The number of aliphatic hydroxyl groups excluding tert-OH is 2. The second-order valence-corrected chi connectivity index (χ2v) is 15.6. The van der Waals surface area contributed by atoms with Crippen molar-refractivity contribution in [3.8, 4) is 23.0 Å². The average molecular weight is 829 g/mol. The van der Waals surface area contributed by atoms with E-state index in [2.05, 4.69) is 0 Å². The predicted molar refractivity (Wildman–Crippen MR) is 210 cm³/mol. The number of carboxylic acids is 1. The standard InChI is InChI=1S/C19H24N4O2.C13H16O4.2C2H6O4S/c20-18(21)14-4-8-16(9-5-14)24-12-2-1-3-13-25-17-10-6-15(7-11-17)19(22)23;1-13(2)7-6-8-10(17-13)5-4-9(12(14)15)11(8)16-3;2*3-1-2-7(4,5)6/h4-11H,1-3,12-13H2,(H3,20,21)(H3,22,23);4-5H,6-7H2,1-3H3,(H,14,15);2*3H,1-2H2,(H,4,5,6). The highest BCUT2D eigenvalue weighted by Gasteiger charge is 2.30. The van der Waals surface area contributed by atoms with Gasteiger partial charge in [-0.3, -0.25) is 19.9 Å². The molecule has 0 atom stereocenters. The smallest absolute Gasteiger partial charge is 0.339 e. The lowest BCUT2D eigenvalue weighted by molar-refractivity contribution is 0.0690. The summed E-state index contributed by atoms with van der Waals surface area (Å²) in [4.78, 5) is 11.1. The molecular formula is C36H52N4O14S2. The van der Waals surface area contributed by atoms with Crippen molar-refractivity contribution in [3.63, 3.8) is 0 Å². The summed E-state index contributed by atoms with van der Waals surface area (Å²) < 4.78 is 76.5. The van der Waals surface area contributed by atoms with Crippen LogP contribution in [0, 0.1) is 10.8 Å². The number of unbranched alkanes of at least 4 members (excludes halogenated alkanes) is 2. The maximum absolute atomic E-state index is 11.1. The quantitative estimate of drug-likeness (QED) is 0.0433. The Kier molecular flexibility index (Phi) is 20.9. The van der Waals surface area contributed by atoms with E-state index in [1.807, 2.05) is 38.1 Å². The first kappa shape index (κ1) is 49.0. The Balaban J connectivity index is 0.000000433. The fourth-order valence-electron chi connectivity index (χ4n) is 4.57. The van der Waals surface area contributed by atoms with Crippen LogP contribution in [-0.2, 0) is 26.7 Å². The van der Waals surface area contributed by atoms with Gasteiger partial charge in [0, 0.05) is 16.7 Å². The molecule has 3 aromatic rings. The Morgan fingerprint density at radius 3 is 1.52 bits per heavy atom. The number of carbonyl (C=O) groups is 1. The maximum atomic E-state index is 11.1. The van der Waals surface area contributed by atoms with E-state index in [1.54, 1.807) is 30.3 Å². The number of carboxylic acid groups (broad SMARTS) is 1. The Labute approximate surface area is 326 Å². The monoisotopic (exact) mass is 828 g/mol. The number of aliphatic hydroxyl groups is 2. The molecule has 0 saturated heterocycles. The van der Waals surface area contributed by atoms with Crippen LogP contribution in [0.2, 0.25) is 0 Å². The van der Waals surface area contributed by atoms with E-state index in [-0.39, 0.29) is 22.8 Å².